The van der Waals surface area contributed by atoms with Gasteiger partial charge >= 0.3 is 0 Å². The van der Waals surface area contributed by atoms with Crippen LogP contribution in [0.2, 0.25) is 0 Å². The van der Waals surface area contributed by atoms with Gasteiger partial charge in [0.2, 0.25) is 10.0 Å². The average Bonchev–Trinajstić information content (AvgIpc) is 3.26. The van der Waals surface area contributed by atoms with Gasteiger partial charge in [0.1, 0.15) is 4.90 Å². The van der Waals surface area contributed by atoms with E-state index in [0.717, 1.165) is 31.4 Å². The largest absolute Gasteiger partial charge is 0.246 e. The molecule has 0 aliphatic heterocycles. The Kier molecular flexibility index (Phi) is 5.22. The highest BCUT2D eigenvalue weighted by Gasteiger charge is 2.39. The van der Waals surface area contributed by atoms with Gasteiger partial charge in [-0.15, -0.1) is 11.6 Å². The van der Waals surface area contributed by atoms with Crippen LogP contribution in [0.15, 0.2) is 17.0 Å². The number of halogens is 3. The van der Waals surface area contributed by atoms with Crippen molar-refractivity contribution in [2.24, 2.45) is 0 Å². The standard InChI is InChI=1S/C14H18ClF2NO2S/c1-2-3-6-18(11-4-5-11)21(19,20)13-8-10(9-15)7-12(16)14(13)17/h7-8,11H,2-6,9H2,1H3. The fourth-order valence-corrected chi connectivity index (χ4v) is 4.19. The summed E-state index contributed by atoms with van der Waals surface area (Å²) in [5.41, 5.74) is 0.250. The molecule has 1 saturated carbocycles. The van der Waals surface area contributed by atoms with Crippen molar-refractivity contribution in [2.75, 3.05) is 6.54 Å². The predicted molar refractivity (Wildman–Crippen MR) is 77.7 cm³/mol. The lowest BCUT2D eigenvalue weighted by Crippen LogP contribution is -2.34. The fourth-order valence-electron chi connectivity index (χ4n) is 2.18. The van der Waals surface area contributed by atoms with E-state index in [9.17, 15) is 17.2 Å². The van der Waals surface area contributed by atoms with E-state index in [1.54, 1.807) is 0 Å². The zero-order valence-corrected chi connectivity index (χ0v) is 13.4. The molecule has 0 spiro atoms. The molecule has 2 rings (SSSR count). The van der Waals surface area contributed by atoms with Crippen LogP contribution in [0, 0.1) is 11.6 Å². The molecule has 0 heterocycles. The Bertz CT molecular complexity index is 618. The average molecular weight is 338 g/mol. The van der Waals surface area contributed by atoms with E-state index in [4.69, 9.17) is 11.6 Å². The molecule has 1 fully saturated rings. The van der Waals surface area contributed by atoms with Gasteiger partial charge in [-0.2, -0.15) is 4.31 Å². The van der Waals surface area contributed by atoms with E-state index in [1.165, 1.54) is 4.31 Å². The van der Waals surface area contributed by atoms with Crippen molar-refractivity contribution < 1.29 is 17.2 Å². The number of nitrogens with zero attached hydrogens (tertiary/aromatic N) is 1. The minimum atomic E-state index is -4.04. The van der Waals surface area contributed by atoms with Crippen LogP contribution >= 0.6 is 11.6 Å². The molecule has 0 unspecified atom stereocenters. The Morgan fingerprint density at radius 1 is 1.33 bits per heavy atom. The second-order valence-corrected chi connectivity index (χ2v) is 7.35. The van der Waals surface area contributed by atoms with Crippen molar-refractivity contribution in [1.82, 2.24) is 4.31 Å². The molecule has 0 N–H and O–H groups in total. The third kappa shape index (κ3) is 3.55. The van der Waals surface area contributed by atoms with Crippen LogP contribution in [-0.2, 0) is 15.9 Å². The van der Waals surface area contributed by atoms with Crippen molar-refractivity contribution in [3.05, 3.63) is 29.3 Å². The number of benzene rings is 1. The third-order valence-corrected chi connectivity index (χ3v) is 5.74. The molecule has 0 aromatic heterocycles. The molecule has 1 aromatic carbocycles. The molecule has 7 heteroatoms. The molecule has 0 radical (unpaired) electrons. The number of hydrogen-bond acceptors (Lipinski definition) is 2. The van der Waals surface area contributed by atoms with E-state index < -0.39 is 26.6 Å². The topological polar surface area (TPSA) is 37.4 Å². The summed E-state index contributed by atoms with van der Waals surface area (Å²) >= 11 is 5.61. The lowest BCUT2D eigenvalue weighted by atomic mass is 10.2. The Balaban J connectivity index is 2.44. The van der Waals surface area contributed by atoms with Crippen molar-refractivity contribution in [1.29, 1.82) is 0 Å². The van der Waals surface area contributed by atoms with Crippen LogP contribution < -0.4 is 0 Å². The van der Waals surface area contributed by atoms with Crippen LogP contribution in [0.5, 0.6) is 0 Å². The van der Waals surface area contributed by atoms with Gasteiger partial charge in [-0.25, -0.2) is 17.2 Å². The first-order valence-electron chi connectivity index (χ1n) is 6.97. The summed E-state index contributed by atoms with van der Waals surface area (Å²) in [5, 5.41) is 0. The van der Waals surface area contributed by atoms with Gasteiger partial charge in [0, 0.05) is 18.5 Å². The van der Waals surface area contributed by atoms with Gasteiger partial charge in [0.15, 0.2) is 11.6 Å². The molecule has 0 amide bonds. The van der Waals surface area contributed by atoms with Gasteiger partial charge in [0.25, 0.3) is 0 Å². The SMILES string of the molecule is CCCCN(C1CC1)S(=O)(=O)c1cc(CCl)cc(F)c1F. The fraction of sp³-hybridized carbons (Fsp3) is 0.571. The second kappa shape index (κ2) is 6.58. The zero-order valence-electron chi connectivity index (χ0n) is 11.8. The van der Waals surface area contributed by atoms with Crippen LogP contribution in [-0.4, -0.2) is 25.3 Å². The molecule has 21 heavy (non-hydrogen) atoms. The van der Waals surface area contributed by atoms with E-state index in [1.807, 2.05) is 6.92 Å². The van der Waals surface area contributed by atoms with Gasteiger partial charge < -0.3 is 0 Å². The molecule has 1 aromatic rings. The maximum Gasteiger partial charge on any atom is 0.246 e. The summed E-state index contributed by atoms with van der Waals surface area (Å²) in [4.78, 5) is -0.610. The van der Waals surface area contributed by atoms with Crippen molar-refractivity contribution >= 4 is 21.6 Å². The molecular weight excluding hydrogens is 320 g/mol. The van der Waals surface area contributed by atoms with E-state index in [-0.39, 0.29) is 17.5 Å². The maximum absolute atomic E-state index is 14.0. The van der Waals surface area contributed by atoms with Crippen molar-refractivity contribution in [2.45, 2.75) is 49.4 Å². The summed E-state index contributed by atoms with van der Waals surface area (Å²) in [6.45, 7) is 2.28. The maximum atomic E-state index is 14.0. The number of unbranched alkanes of at least 4 members (excludes halogenated alkanes) is 1. The third-order valence-electron chi connectivity index (χ3n) is 3.48. The number of rotatable bonds is 7. The van der Waals surface area contributed by atoms with Gasteiger partial charge in [-0.05, 0) is 37.0 Å². The van der Waals surface area contributed by atoms with E-state index >= 15 is 0 Å². The summed E-state index contributed by atoms with van der Waals surface area (Å²) < 4.78 is 54.1. The molecule has 1 aliphatic rings. The van der Waals surface area contributed by atoms with Crippen molar-refractivity contribution in [3.63, 3.8) is 0 Å². The molecule has 0 atom stereocenters. The molecule has 1 aliphatic carbocycles. The molecular formula is C14H18ClF2NO2S. The Morgan fingerprint density at radius 3 is 2.52 bits per heavy atom. The number of sulfonamides is 1. The smallest absolute Gasteiger partial charge is 0.207 e. The Hall–Kier alpha value is -0.720. The van der Waals surface area contributed by atoms with Crippen molar-refractivity contribution in [3.8, 4) is 0 Å². The number of alkyl halides is 1. The molecule has 3 nitrogen and oxygen atoms in total. The molecule has 0 saturated heterocycles. The quantitative estimate of drug-likeness (QED) is 0.712. The normalized spacial score (nSPS) is 15.7. The van der Waals surface area contributed by atoms with Gasteiger partial charge in [-0.1, -0.05) is 13.3 Å². The highest BCUT2D eigenvalue weighted by Crippen LogP contribution is 2.34. The summed E-state index contributed by atoms with van der Waals surface area (Å²) in [6.07, 6.45) is 3.05. The van der Waals surface area contributed by atoms with E-state index in [2.05, 4.69) is 0 Å². The first-order chi connectivity index (χ1) is 9.91. The van der Waals surface area contributed by atoms with Crippen LogP contribution in [0.25, 0.3) is 0 Å². The van der Waals surface area contributed by atoms with Crippen LogP contribution in [0.1, 0.15) is 38.2 Å². The van der Waals surface area contributed by atoms with Gasteiger partial charge in [0.05, 0.1) is 0 Å². The first kappa shape index (κ1) is 16.6. The minimum Gasteiger partial charge on any atom is -0.207 e. The lowest BCUT2D eigenvalue weighted by Gasteiger charge is -2.22. The predicted octanol–water partition coefficient (Wildman–Crippen LogP) is 3.66. The molecule has 118 valence electrons. The van der Waals surface area contributed by atoms with Crippen LogP contribution in [0.3, 0.4) is 0 Å². The summed E-state index contributed by atoms with van der Waals surface area (Å²) in [5.74, 6) is -2.58. The zero-order chi connectivity index (χ0) is 15.6. The summed E-state index contributed by atoms with van der Waals surface area (Å²) in [7, 11) is -4.04. The highest BCUT2D eigenvalue weighted by atomic mass is 35.5. The lowest BCUT2D eigenvalue weighted by molar-refractivity contribution is 0.390. The molecule has 0 bridgehead atoms. The van der Waals surface area contributed by atoms with Crippen LogP contribution in [0.4, 0.5) is 8.78 Å². The monoisotopic (exact) mass is 337 g/mol. The van der Waals surface area contributed by atoms with E-state index in [0.29, 0.717) is 13.0 Å². The number of hydrogen-bond donors (Lipinski definition) is 0. The second-order valence-electron chi connectivity index (χ2n) is 5.22. The Morgan fingerprint density at radius 2 is 2.00 bits per heavy atom. The first-order valence-corrected chi connectivity index (χ1v) is 8.95. The highest BCUT2D eigenvalue weighted by molar-refractivity contribution is 7.89. The summed E-state index contributed by atoms with van der Waals surface area (Å²) in [6, 6.07) is 1.96. The Labute approximate surface area is 129 Å². The minimum absolute atomic E-state index is 0.0713. The van der Waals surface area contributed by atoms with Gasteiger partial charge in [-0.3, -0.25) is 0 Å².